The summed E-state index contributed by atoms with van der Waals surface area (Å²) >= 11 is 5.88. The fourth-order valence-electron chi connectivity index (χ4n) is 1.77. The molecule has 0 fully saturated rings. The van der Waals surface area contributed by atoms with E-state index in [9.17, 15) is 4.79 Å². The molecule has 0 aliphatic carbocycles. The molecular formula is C13H22ClN3O. The van der Waals surface area contributed by atoms with Gasteiger partial charge in [-0.15, -0.1) is 0 Å². The Kier molecular flexibility index (Phi) is 5.66. The zero-order valence-corrected chi connectivity index (χ0v) is 12.1. The maximum atomic E-state index is 11.3. The number of unbranched alkanes of at least 4 members (excludes halogenated alkanes) is 2. The first kappa shape index (κ1) is 15.0. The molecule has 1 heterocycles. The summed E-state index contributed by atoms with van der Waals surface area (Å²) in [6.45, 7) is 7.37. The van der Waals surface area contributed by atoms with E-state index in [1.54, 1.807) is 0 Å². The van der Waals surface area contributed by atoms with Crippen LogP contribution >= 0.6 is 11.6 Å². The molecule has 0 aliphatic rings. The molecular weight excluding hydrogens is 250 g/mol. The van der Waals surface area contributed by atoms with Crippen LogP contribution in [0.15, 0.2) is 11.1 Å². The monoisotopic (exact) mass is 271 g/mol. The molecule has 1 aromatic rings. The quantitative estimate of drug-likeness (QED) is 0.747. The molecule has 0 unspecified atom stereocenters. The van der Waals surface area contributed by atoms with E-state index in [1.807, 2.05) is 0 Å². The Labute approximate surface area is 113 Å². The largest absolute Gasteiger partial charge is 0.368 e. The lowest BCUT2D eigenvalue weighted by Gasteiger charge is -2.25. The molecule has 4 nitrogen and oxygen atoms in total. The van der Waals surface area contributed by atoms with Crippen molar-refractivity contribution in [3.63, 3.8) is 0 Å². The predicted molar refractivity (Wildman–Crippen MR) is 76.3 cm³/mol. The fraction of sp³-hybridized carbons (Fsp3) is 0.692. The van der Waals surface area contributed by atoms with E-state index < -0.39 is 0 Å². The van der Waals surface area contributed by atoms with Gasteiger partial charge in [0.25, 0.3) is 5.56 Å². The van der Waals surface area contributed by atoms with Gasteiger partial charge in [-0.05, 0) is 11.8 Å². The third-order valence-electron chi connectivity index (χ3n) is 2.99. The van der Waals surface area contributed by atoms with Gasteiger partial charge in [0.1, 0.15) is 5.02 Å². The molecule has 1 rings (SSSR count). The number of hydrogen-bond donors (Lipinski definition) is 2. The van der Waals surface area contributed by atoms with Crippen molar-refractivity contribution in [2.24, 2.45) is 5.41 Å². The van der Waals surface area contributed by atoms with Crippen molar-refractivity contribution in [3.8, 4) is 0 Å². The van der Waals surface area contributed by atoms with Crippen LogP contribution in [0.4, 0.5) is 5.82 Å². The Morgan fingerprint density at radius 2 is 2.17 bits per heavy atom. The second kappa shape index (κ2) is 6.78. The number of aromatic amines is 1. The van der Waals surface area contributed by atoms with Gasteiger partial charge in [-0.25, -0.2) is 4.98 Å². The molecule has 0 atom stereocenters. The molecule has 0 saturated carbocycles. The standard InChI is InChI=1S/C13H22ClN3O/c1-4-5-6-7-13(2,3)8-15-11-10(14)12(18)17-9-16-11/h9H,4-8H2,1-3H3,(H2,15,16,17,18). The van der Waals surface area contributed by atoms with Crippen molar-refractivity contribution in [1.82, 2.24) is 9.97 Å². The third kappa shape index (κ3) is 4.69. The minimum atomic E-state index is -0.307. The average molecular weight is 272 g/mol. The molecule has 0 aliphatic heterocycles. The topological polar surface area (TPSA) is 57.8 Å². The van der Waals surface area contributed by atoms with Gasteiger partial charge in [0.15, 0.2) is 5.82 Å². The number of aromatic nitrogens is 2. The zero-order chi connectivity index (χ0) is 13.6. The summed E-state index contributed by atoms with van der Waals surface area (Å²) in [5.41, 5.74) is -0.138. The number of H-pyrrole nitrogens is 1. The smallest absolute Gasteiger partial charge is 0.271 e. The van der Waals surface area contributed by atoms with Crippen LogP contribution in [0.5, 0.6) is 0 Å². The number of halogens is 1. The van der Waals surface area contributed by atoms with Gasteiger partial charge in [-0.2, -0.15) is 0 Å². The van der Waals surface area contributed by atoms with Crippen molar-refractivity contribution in [2.75, 3.05) is 11.9 Å². The second-order valence-electron chi connectivity index (χ2n) is 5.37. The van der Waals surface area contributed by atoms with E-state index in [4.69, 9.17) is 11.6 Å². The summed E-state index contributed by atoms with van der Waals surface area (Å²) in [4.78, 5) is 17.8. The lowest BCUT2D eigenvalue weighted by molar-refractivity contribution is 0.342. The van der Waals surface area contributed by atoms with Gasteiger partial charge in [0, 0.05) is 6.54 Å². The van der Waals surface area contributed by atoms with E-state index in [-0.39, 0.29) is 16.0 Å². The van der Waals surface area contributed by atoms with Crippen molar-refractivity contribution in [1.29, 1.82) is 0 Å². The highest BCUT2D eigenvalue weighted by atomic mass is 35.5. The first-order valence-corrected chi connectivity index (χ1v) is 6.81. The number of hydrogen-bond acceptors (Lipinski definition) is 3. The molecule has 0 spiro atoms. The van der Waals surface area contributed by atoms with Crippen LogP contribution < -0.4 is 10.9 Å². The molecule has 2 N–H and O–H groups in total. The summed E-state index contributed by atoms with van der Waals surface area (Å²) in [5.74, 6) is 0.462. The molecule has 0 bridgehead atoms. The number of nitrogens with zero attached hydrogens (tertiary/aromatic N) is 1. The SMILES string of the molecule is CCCCCC(C)(C)CNc1nc[nH]c(=O)c1Cl. The normalized spacial score (nSPS) is 11.6. The summed E-state index contributed by atoms with van der Waals surface area (Å²) in [5, 5.41) is 3.28. The highest BCUT2D eigenvalue weighted by Gasteiger charge is 2.18. The van der Waals surface area contributed by atoms with Crippen LogP contribution in [0.1, 0.15) is 46.5 Å². The van der Waals surface area contributed by atoms with E-state index >= 15 is 0 Å². The average Bonchev–Trinajstić information content (AvgIpc) is 2.31. The van der Waals surface area contributed by atoms with Crippen LogP contribution in [-0.4, -0.2) is 16.5 Å². The van der Waals surface area contributed by atoms with E-state index in [2.05, 4.69) is 36.1 Å². The van der Waals surface area contributed by atoms with Crippen LogP contribution in [0.25, 0.3) is 0 Å². The first-order chi connectivity index (χ1) is 8.46. The van der Waals surface area contributed by atoms with E-state index in [0.717, 1.165) is 13.0 Å². The van der Waals surface area contributed by atoms with E-state index in [0.29, 0.717) is 5.82 Å². The highest BCUT2D eigenvalue weighted by Crippen LogP contribution is 2.24. The Bertz CT molecular complexity index is 428. The molecule has 5 heteroatoms. The molecule has 102 valence electrons. The van der Waals surface area contributed by atoms with Gasteiger partial charge < -0.3 is 10.3 Å². The summed E-state index contributed by atoms with van der Waals surface area (Å²) in [6, 6.07) is 0. The summed E-state index contributed by atoms with van der Waals surface area (Å²) in [6.07, 6.45) is 6.22. The van der Waals surface area contributed by atoms with Crippen LogP contribution in [0, 0.1) is 5.41 Å². The molecule has 0 radical (unpaired) electrons. The van der Waals surface area contributed by atoms with Crippen molar-refractivity contribution >= 4 is 17.4 Å². The van der Waals surface area contributed by atoms with Crippen molar-refractivity contribution < 1.29 is 0 Å². The second-order valence-corrected chi connectivity index (χ2v) is 5.75. The minimum Gasteiger partial charge on any atom is -0.368 e. The predicted octanol–water partition coefficient (Wildman–Crippen LogP) is 3.44. The zero-order valence-electron chi connectivity index (χ0n) is 11.3. The molecule has 1 aromatic heterocycles. The number of rotatable bonds is 7. The number of anilines is 1. The molecule has 0 aromatic carbocycles. The first-order valence-electron chi connectivity index (χ1n) is 6.43. The fourth-order valence-corrected chi connectivity index (χ4v) is 1.94. The Balaban J connectivity index is 2.53. The van der Waals surface area contributed by atoms with E-state index in [1.165, 1.54) is 25.6 Å². The molecule has 0 amide bonds. The highest BCUT2D eigenvalue weighted by molar-refractivity contribution is 6.32. The summed E-state index contributed by atoms with van der Waals surface area (Å²) in [7, 11) is 0. The van der Waals surface area contributed by atoms with Crippen molar-refractivity contribution in [2.45, 2.75) is 46.5 Å². The Morgan fingerprint density at radius 1 is 1.44 bits per heavy atom. The number of nitrogens with one attached hydrogen (secondary N) is 2. The lowest BCUT2D eigenvalue weighted by atomic mass is 9.87. The van der Waals surface area contributed by atoms with Gasteiger partial charge >= 0.3 is 0 Å². The van der Waals surface area contributed by atoms with Crippen LogP contribution in [-0.2, 0) is 0 Å². The molecule has 0 saturated heterocycles. The summed E-state index contributed by atoms with van der Waals surface area (Å²) < 4.78 is 0. The van der Waals surface area contributed by atoms with Gasteiger partial charge in [0.05, 0.1) is 6.33 Å². The Morgan fingerprint density at radius 3 is 2.83 bits per heavy atom. The minimum absolute atomic E-state index is 0.127. The Hall–Kier alpha value is -1.03. The van der Waals surface area contributed by atoms with Crippen LogP contribution in [0.3, 0.4) is 0 Å². The maximum Gasteiger partial charge on any atom is 0.271 e. The van der Waals surface area contributed by atoms with Crippen LogP contribution in [0.2, 0.25) is 5.02 Å². The van der Waals surface area contributed by atoms with Gasteiger partial charge in [-0.1, -0.05) is 51.6 Å². The molecule has 18 heavy (non-hydrogen) atoms. The maximum absolute atomic E-state index is 11.3. The van der Waals surface area contributed by atoms with Gasteiger partial charge in [-0.3, -0.25) is 4.79 Å². The van der Waals surface area contributed by atoms with Crippen molar-refractivity contribution in [3.05, 3.63) is 21.7 Å². The van der Waals surface area contributed by atoms with Gasteiger partial charge in [0.2, 0.25) is 0 Å². The lowest BCUT2D eigenvalue weighted by Crippen LogP contribution is -2.24. The third-order valence-corrected chi connectivity index (χ3v) is 3.34.